The molecule has 6 nitrogen and oxygen atoms in total. The van der Waals surface area contributed by atoms with E-state index in [1.807, 2.05) is 46.9 Å². The van der Waals surface area contributed by atoms with Gasteiger partial charge in [-0.1, -0.05) is 49.5 Å². The average Bonchev–Trinajstić information content (AvgIpc) is 3.17. The van der Waals surface area contributed by atoms with Gasteiger partial charge in [0.1, 0.15) is 5.65 Å². The number of hydrogen-bond donors (Lipinski definition) is 0. The third-order valence-corrected chi connectivity index (χ3v) is 5.21. The van der Waals surface area contributed by atoms with Crippen LogP contribution in [0.4, 0.5) is 11.6 Å². The van der Waals surface area contributed by atoms with Crippen LogP contribution < -0.4 is 0 Å². The van der Waals surface area contributed by atoms with Gasteiger partial charge < -0.3 is 9.69 Å². The van der Waals surface area contributed by atoms with Crippen molar-refractivity contribution in [1.29, 1.82) is 0 Å². The Morgan fingerprint density at radius 1 is 0.690 bits per heavy atom. The molecular formula is C23H10N6. The van der Waals surface area contributed by atoms with E-state index in [4.69, 9.17) is 18.1 Å². The summed E-state index contributed by atoms with van der Waals surface area (Å²) < 4.78 is 1.94. The van der Waals surface area contributed by atoms with Gasteiger partial charge in [-0.2, -0.15) is 0 Å². The standard InChI is InChI=1S/C23H10N6/c1-24-20-21(25-2)28-23-19(27-20)15-11-13-7-3-4-8-14(13)12-16(15)22-26-17-9-5-6-10-18(17)29(22)23/h3-12H. The number of benzene rings is 3. The Balaban J connectivity index is 2.00. The quantitative estimate of drug-likeness (QED) is 0.192. The zero-order valence-corrected chi connectivity index (χ0v) is 15.0. The Bertz CT molecular complexity index is 1730. The minimum atomic E-state index is 0.00622. The molecule has 6 heteroatoms. The summed E-state index contributed by atoms with van der Waals surface area (Å²) in [4.78, 5) is 20.8. The van der Waals surface area contributed by atoms with Crippen LogP contribution in [0.1, 0.15) is 0 Å². The van der Waals surface area contributed by atoms with Crippen LogP contribution in [-0.4, -0.2) is 19.4 Å². The molecule has 3 heterocycles. The van der Waals surface area contributed by atoms with Crippen molar-refractivity contribution in [2.24, 2.45) is 0 Å². The van der Waals surface area contributed by atoms with Crippen molar-refractivity contribution in [3.63, 3.8) is 0 Å². The molecule has 6 rings (SSSR count). The second-order valence-corrected chi connectivity index (χ2v) is 6.77. The van der Waals surface area contributed by atoms with Crippen molar-refractivity contribution in [1.82, 2.24) is 19.4 Å². The molecule has 0 aliphatic carbocycles. The summed E-state index contributed by atoms with van der Waals surface area (Å²) in [5.41, 5.74) is 3.63. The maximum Gasteiger partial charge on any atom is 0.295 e. The predicted octanol–water partition coefficient (Wildman–Crippen LogP) is 5.84. The summed E-state index contributed by atoms with van der Waals surface area (Å²) in [5.74, 6) is 0.0254. The Labute approximate surface area is 164 Å². The molecule has 0 spiro atoms. The van der Waals surface area contributed by atoms with E-state index in [1.165, 1.54) is 0 Å². The van der Waals surface area contributed by atoms with Crippen molar-refractivity contribution < 1.29 is 0 Å². The lowest BCUT2D eigenvalue weighted by Gasteiger charge is -2.06. The van der Waals surface area contributed by atoms with Crippen molar-refractivity contribution in [2.45, 2.75) is 0 Å². The first-order valence-electron chi connectivity index (χ1n) is 8.97. The maximum absolute atomic E-state index is 7.43. The fourth-order valence-corrected chi connectivity index (χ4v) is 3.94. The largest absolute Gasteiger partial charge is 0.370 e. The Kier molecular flexibility index (Phi) is 2.93. The molecule has 132 valence electrons. The van der Waals surface area contributed by atoms with Crippen LogP contribution in [0, 0.1) is 13.1 Å². The first kappa shape index (κ1) is 15.5. The molecule has 0 N–H and O–H groups in total. The third-order valence-electron chi connectivity index (χ3n) is 5.21. The second-order valence-electron chi connectivity index (χ2n) is 6.77. The van der Waals surface area contributed by atoms with Crippen LogP contribution in [0.5, 0.6) is 0 Å². The fraction of sp³-hybridized carbons (Fsp3) is 0. The third kappa shape index (κ3) is 2.00. The summed E-state index contributed by atoms with van der Waals surface area (Å²) in [7, 11) is 0. The van der Waals surface area contributed by atoms with Crippen LogP contribution in [0.3, 0.4) is 0 Å². The van der Waals surface area contributed by atoms with Crippen LogP contribution in [0.15, 0.2) is 60.7 Å². The lowest BCUT2D eigenvalue weighted by molar-refractivity contribution is 1.21. The first-order valence-corrected chi connectivity index (χ1v) is 8.97. The van der Waals surface area contributed by atoms with E-state index >= 15 is 0 Å². The molecule has 0 aliphatic rings. The van der Waals surface area contributed by atoms with Crippen LogP contribution >= 0.6 is 0 Å². The van der Waals surface area contributed by atoms with E-state index in [2.05, 4.69) is 37.9 Å². The van der Waals surface area contributed by atoms with Gasteiger partial charge in [-0.05, 0) is 35.0 Å². The van der Waals surface area contributed by atoms with E-state index in [9.17, 15) is 0 Å². The Morgan fingerprint density at radius 2 is 1.34 bits per heavy atom. The van der Waals surface area contributed by atoms with Gasteiger partial charge in [0.15, 0.2) is 0 Å². The molecule has 3 aromatic carbocycles. The number of fused-ring (bicyclic) bond motifs is 9. The Morgan fingerprint density at radius 3 is 2.10 bits per heavy atom. The van der Waals surface area contributed by atoms with E-state index in [1.54, 1.807) is 0 Å². The lowest BCUT2D eigenvalue weighted by atomic mass is 10.0. The van der Waals surface area contributed by atoms with E-state index < -0.39 is 0 Å². The number of para-hydroxylation sites is 2. The minimum absolute atomic E-state index is 0.00622. The number of hydrogen-bond acceptors (Lipinski definition) is 3. The molecule has 6 aromatic rings. The maximum atomic E-state index is 7.43. The smallest absolute Gasteiger partial charge is 0.295 e. The van der Waals surface area contributed by atoms with Crippen molar-refractivity contribution in [3.8, 4) is 0 Å². The zero-order chi connectivity index (χ0) is 19.5. The molecule has 0 aliphatic heterocycles. The van der Waals surface area contributed by atoms with Gasteiger partial charge in [0.2, 0.25) is 5.52 Å². The number of imidazole rings is 1. The molecule has 29 heavy (non-hydrogen) atoms. The molecule has 3 aromatic heterocycles. The van der Waals surface area contributed by atoms with Gasteiger partial charge >= 0.3 is 0 Å². The highest BCUT2D eigenvalue weighted by Gasteiger charge is 2.22. The molecule has 0 atom stereocenters. The number of rotatable bonds is 0. The number of pyridine rings is 1. The first-order chi connectivity index (χ1) is 14.3. The van der Waals surface area contributed by atoms with Crippen molar-refractivity contribution in [2.75, 3.05) is 0 Å². The highest BCUT2D eigenvalue weighted by Crippen LogP contribution is 2.36. The second kappa shape index (κ2) is 5.48. The van der Waals surface area contributed by atoms with Crippen LogP contribution in [0.25, 0.3) is 59.1 Å². The number of aromatic nitrogens is 4. The molecule has 0 saturated heterocycles. The van der Waals surface area contributed by atoms with Gasteiger partial charge in [-0.15, -0.1) is 9.97 Å². The zero-order valence-electron chi connectivity index (χ0n) is 15.0. The topological polar surface area (TPSA) is 51.8 Å². The molecule has 0 fully saturated rings. The summed E-state index contributed by atoms with van der Waals surface area (Å²) >= 11 is 0. The van der Waals surface area contributed by atoms with Crippen molar-refractivity contribution >= 4 is 61.0 Å². The van der Waals surface area contributed by atoms with Gasteiger partial charge in [0.25, 0.3) is 17.3 Å². The monoisotopic (exact) mass is 370 g/mol. The van der Waals surface area contributed by atoms with Crippen molar-refractivity contribution in [3.05, 3.63) is 83.5 Å². The molecule has 0 saturated carbocycles. The fourth-order valence-electron chi connectivity index (χ4n) is 3.94. The van der Waals surface area contributed by atoms with E-state index in [0.717, 1.165) is 38.2 Å². The van der Waals surface area contributed by atoms with Gasteiger partial charge in [-0.25, -0.2) is 4.98 Å². The van der Waals surface area contributed by atoms with Crippen LogP contribution in [-0.2, 0) is 0 Å². The average molecular weight is 370 g/mol. The molecule has 0 unspecified atom stereocenters. The highest BCUT2D eigenvalue weighted by molar-refractivity contribution is 6.16. The summed E-state index contributed by atoms with van der Waals surface area (Å²) in [6.07, 6.45) is 0. The van der Waals surface area contributed by atoms with E-state index in [-0.39, 0.29) is 11.6 Å². The van der Waals surface area contributed by atoms with Gasteiger partial charge in [0.05, 0.1) is 11.0 Å². The predicted molar refractivity (Wildman–Crippen MR) is 113 cm³/mol. The molecule has 0 bridgehead atoms. The van der Waals surface area contributed by atoms with Gasteiger partial charge in [0, 0.05) is 10.8 Å². The molecule has 0 amide bonds. The highest BCUT2D eigenvalue weighted by atomic mass is 15.1. The summed E-state index contributed by atoms with van der Waals surface area (Å²) in [6, 6.07) is 20.1. The SMILES string of the molecule is [C-]#[N+]c1nc2c3cc4ccccc4cc3c3nc4ccccc4n3c2nc1[N+]#[C-]. The summed E-state index contributed by atoms with van der Waals surface area (Å²) in [5, 5.41) is 3.98. The minimum Gasteiger partial charge on any atom is -0.370 e. The number of nitrogens with zero attached hydrogens (tertiary/aromatic N) is 6. The normalized spacial score (nSPS) is 11.4. The molecular weight excluding hydrogens is 360 g/mol. The van der Waals surface area contributed by atoms with E-state index in [0.29, 0.717) is 11.2 Å². The lowest BCUT2D eigenvalue weighted by Crippen LogP contribution is -1.96. The summed E-state index contributed by atoms with van der Waals surface area (Å²) in [6.45, 7) is 14.8. The van der Waals surface area contributed by atoms with Crippen LogP contribution in [0.2, 0.25) is 0 Å². The van der Waals surface area contributed by atoms with Gasteiger partial charge in [-0.3, -0.25) is 4.40 Å². The molecule has 0 radical (unpaired) electrons. The Hall–Kier alpha value is -4.55.